The number of nitrogens with one attached hydrogen (secondary N) is 3. The molecule has 0 saturated heterocycles. The van der Waals surface area contributed by atoms with Gasteiger partial charge in [-0.2, -0.15) is 0 Å². The van der Waals surface area contributed by atoms with Crippen LogP contribution in [-0.2, 0) is 0 Å². The lowest BCUT2D eigenvalue weighted by Crippen LogP contribution is -2.34. The van der Waals surface area contributed by atoms with Crippen LogP contribution in [0.2, 0.25) is 5.02 Å². The first-order valence-corrected chi connectivity index (χ1v) is 11.1. The lowest BCUT2D eigenvalue weighted by Gasteiger charge is -2.12. The zero-order chi connectivity index (χ0) is 23.2. The van der Waals surface area contributed by atoms with Crippen LogP contribution >= 0.6 is 11.6 Å². The summed E-state index contributed by atoms with van der Waals surface area (Å²) in [6, 6.07) is 13.2. The van der Waals surface area contributed by atoms with E-state index >= 15 is 0 Å². The second-order valence-electron chi connectivity index (χ2n) is 7.57. The number of carbonyl (C=O) groups is 1. The molecule has 0 aliphatic carbocycles. The topological polar surface area (TPSA) is 109 Å². The number of aromatic nitrogens is 3. The van der Waals surface area contributed by atoms with E-state index in [2.05, 4.69) is 25.9 Å². The predicted molar refractivity (Wildman–Crippen MR) is 132 cm³/mol. The molecule has 33 heavy (non-hydrogen) atoms. The highest BCUT2D eigenvalue weighted by Crippen LogP contribution is 2.26. The summed E-state index contributed by atoms with van der Waals surface area (Å²) in [4.78, 5) is 21.5. The summed E-state index contributed by atoms with van der Waals surface area (Å²) < 4.78 is 1.98. The monoisotopic (exact) mass is 463 g/mol. The molecule has 4 rings (SSSR count). The van der Waals surface area contributed by atoms with Crippen LogP contribution in [0.1, 0.15) is 15.9 Å². The predicted octanol–water partition coefficient (Wildman–Crippen LogP) is 3.38. The number of fused-ring (bicyclic) bond motifs is 1. The van der Waals surface area contributed by atoms with Gasteiger partial charge in [-0.05, 0) is 42.8 Å². The van der Waals surface area contributed by atoms with E-state index in [-0.39, 0.29) is 5.91 Å². The van der Waals surface area contributed by atoms with Crippen LogP contribution in [0.5, 0.6) is 0 Å². The fourth-order valence-corrected chi connectivity index (χ4v) is 3.69. The average molecular weight is 464 g/mol. The minimum absolute atomic E-state index is 0.102. The first-order chi connectivity index (χ1) is 16.1. The van der Waals surface area contributed by atoms with Gasteiger partial charge in [-0.15, -0.1) is 0 Å². The van der Waals surface area contributed by atoms with Gasteiger partial charge in [0.25, 0.3) is 5.91 Å². The zero-order valence-corrected chi connectivity index (χ0v) is 19.1. The number of aryl methyl sites for hydroxylation is 1. The van der Waals surface area contributed by atoms with Gasteiger partial charge in [-0.25, -0.2) is 9.97 Å². The highest BCUT2D eigenvalue weighted by molar-refractivity contribution is 6.30. The molecule has 2 aromatic carbocycles. The number of hydrogen-bond donors (Lipinski definition) is 4. The molecular weight excluding hydrogens is 438 g/mol. The Kier molecular flexibility index (Phi) is 7.19. The van der Waals surface area contributed by atoms with Gasteiger partial charge >= 0.3 is 0 Å². The first kappa shape index (κ1) is 22.7. The molecule has 0 spiro atoms. The molecule has 170 valence electrons. The molecule has 0 aliphatic rings. The molecule has 0 bridgehead atoms. The summed E-state index contributed by atoms with van der Waals surface area (Å²) in [7, 11) is 0. The lowest BCUT2D eigenvalue weighted by atomic mass is 10.1. The van der Waals surface area contributed by atoms with Crippen LogP contribution < -0.4 is 21.7 Å². The Morgan fingerprint density at radius 2 is 1.91 bits per heavy atom. The molecule has 4 aromatic rings. The van der Waals surface area contributed by atoms with Crippen molar-refractivity contribution < 1.29 is 4.79 Å². The van der Waals surface area contributed by atoms with Gasteiger partial charge in [0, 0.05) is 60.4 Å². The highest BCUT2D eigenvalue weighted by atomic mass is 35.5. The Morgan fingerprint density at radius 1 is 1.09 bits per heavy atom. The third-order valence-electron chi connectivity index (χ3n) is 5.21. The number of nitrogens with zero attached hydrogens (tertiary/aromatic N) is 3. The van der Waals surface area contributed by atoms with Crippen molar-refractivity contribution in [2.45, 2.75) is 6.92 Å². The molecule has 0 fully saturated rings. The van der Waals surface area contributed by atoms with Crippen molar-refractivity contribution in [2.75, 3.05) is 31.5 Å². The maximum atomic E-state index is 12.5. The second kappa shape index (κ2) is 10.4. The Bertz CT molecular complexity index is 1250. The van der Waals surface area contributed by atoms with E-state index in [1.165, 1.54) is 0 Å². The molecule has 8 nitrogen and oxygen atoms in total. The van der Waals surface area contributed by atoms with E-state index in [1.807, 2.05) is 66.2 Å². The van der Waals surface area contributed by atoms with Crippen molar-refractivity contribution in [3.05, 3.63) is 77.2 Å². The van der Waals surface area contributed by atoms with Gasteiger partial charge in [0.15, 0.2) is 11.5 Å². The van der Waals surface area contributed by atoms with Crippen molar-refractivity contribution >= 4 is 34.7 Å². The Morgan fingerprint density at radius 3 is 2.67 bits per heavy atom. The summed E-state index contributed by atoms with van der Waals surface area (Å²) in [5, 5.41) is 10.1. The zero-order valence-electron chi connectivity index (χ0n) is 18.3. The molecule has 5 N–H and O–H groups in total. The molecule has 9 heteroatoms. The summed E-state index contributed by atoms with van der Waals surface area (Å²) in [6.07, 6.45) is 5.41. The number of nitrogens with two attached hydrogens (primary N) is 1. The number of hydrogen-bond acceptors (Lipinski definition) is 6. The van der Waals surface area contributed by atoms with Crippen LogP contribution in [0.25, 0.3) is 16.9 Å². The summed E-state index contributed by atoms with van der Waals surface area (Å²) in [5.74, 6) is 0.523. The van der Waals surface area contributed by atoms with Crippen molar-refractivity contribution in [3.8, 4) is 11.3 Å². The fraction of sp³-hybridized carbons (Fsp3) is 0.208. The van der Waals surface area contributed by atoms with Crippen molar-refractivity contribution in [3.63, 3.8) is 0 Å². The van der Waals surface area contributed by atoms with Crippen molar-refractivity contribution in [1.29, 1.82) is 0 Å². The maximum Gasteiger partial charge on any atom is 0.251 e. The smallest absolute Gasteiger partial charge is 0.251 e. The van der Waals surface area contributed by atoms with Gasteiger partial charge in [0.1, 0.15) is 0 Å². The van der Waals surface area contributed by atoms with E-state index < -0.39 is 0 Å². The van der Waals surface area contributed by atoms with Gasteiger partial charge < -0.3 is 21.7 Å². The Balaban J connectivity index is 1.50. The van der Waals surface area contributed by atoms with Gasteiger partial charge in [0.2, 0.25) is 0 Å². The van der Waals surface area contributed by atoms with E-state index in [0.717, 1.165) is 29.1 Å². The number of amides is 1. The van der Waals surface area contributed by atoms with Gasteiger partial charge in [-0.3, -0.25) is 9.20 Å². The molecule has 0 aliphatic heterocycles. The minimum Gasteiger partial charge on any atom is -0.351 e. The molecule has 0 saturated carbocycles. The molecule has 0 unspecified atom stereocenters. The molecule has 0 radical (unpaired) electrons. The summed E-state index contributed by atoms with van der Waals surface area (Å²) in [5.41, 5.74) is 10.4. The minimum atomic E-state index is -0.102. The van der Waals surface area contributed by atoms with E-state index in [1.54, 1.807) is 6.20 Å². The van der Waals surface area contributed by atoms with Gasteiger partial charge in [0.05, 0.1) is 11.9 Å². The summed E-state index contributed by atoms with van der Waals surface area (Å²) in [6.45, 7) is 4.44. The maximum absolute atomic E-state index is 12.5. The van der Waals surface area contributed by atoms with Crippen molar-refractivity contribution in [1.82, 2.24) is 25.0 Å². The number of anilines is 2. The largest absolute Gasteiger partial charge is 0.351 e. The molecule has 2 aromatic heterocycles. The average Bonchev–Trinajstić information content (AvgIpc) is 3.25. The second-order valence-corrected chi connectivity index (χ2v) is 8.01. The quantitative estimate of drug-likeness (QED) is 0.283. The number of rotatable bonds is 9. The number of halogens is 1. The van der Waals surface area contributed by atoms with E-state index in [0.29, 0.717) is 41.7 Å². The molecule has 1 amide bonds. The number of benzene rings is 2. The van der Waals surface area contributed by atoms with Crippen LogP contribution in [0.15, 0.2) is 61.1 Å². The summed E-state index contributed by atoms with van der Waals surface area (Å²) >= 11 is 6.02. The highest BCUT2D eigenvalue weighted by Gasteiger charge is 2.13. The van der Waals surface area contributed by atoms with Gasteiger partial charge in [-0.1, -0.05) is 23.7 Å². The third kappa shape index (κ3) is 5.31. The first-order valence-electron chi connectivity index (χ1n) is 10.7. The normalized spacial score (nSPS) is 11.0. The standard InChI is InChI=1S/C24H26ClN7O/c1-16-14-19(6-7-20(16)24(33)29-11-10-27-9-8-26)31-22-23-30-15-21(32(23)13-12-28-22)17-2-4-18(25)5-3-17/h2-7,12-15,27H,8-11,26H2,1H3,(H,28,31)(H,29,33). The van der Waals surface area contributed by atoms with Crippen LogP contribution in [-0.4, -0.2) is 46.5 Å². The van der Waals surface area contributed by atoms with Crippen LogP contribution in [0, 0.1) is 6.92 Å². The third-order valence-corrected chi connectivity index (χ3v) is 5.46. The van der Waals surface area contributed by atoms with Crippen molar-refractivity contribution in [2.24, 2.45) is 5.73 Å². The molecular formula is C24H26ClN7O. The number of carbonyl (C=O) groups excluding carboxylic acids is 1. The Hall–Kier alpha value is -3.46. The molecule has 2 heterocycles. The fourth-order valence-electron chi connectivity index (χ4n) is 3.56. The lowest BCUT2D eigenvalue weighted by molar-refractivity contribution is 0.0953. The van der Waals surface area contributed by atoms with E-state index in [4.69, 9.17) is 17.3 Å². The van der Waals surface area contributed by atoms with Crippen LogP contribution in [0.4, 0.5) is 11.5 Å². The van der Waals surface area contributed by atoms with E-state index in [9.17, 15) is 4.79 Å². The number of imidazole rings is 1. The van der Waals surface area contributed by atoms with Crippen LogP contribution in [0.3, 0.4) is 0 Å². The molecule has 0 atom stereocenters. The Labute approximate surface area is 197 Å². The SMILES string of the molecule is Cc1cc(Nc2nccn3c(-c4ccc(Cl)cc4)cnc23)ccc1C(=O)NCCNCCN.